The third-order valence-electron chi connectivity index (χ3n) is 2.72. The van der Waals surface area contributed by atoms with Gasteiger partial charge in [0.1, 0.15) is 0 Å². The third kappa shape index (κ3) is 1.95. The van der Waals surface area contributed by atoms with Crippen LogP contribution in [0.15, 0.2) is 24.3 Å². The number of benzene rings is 1. The highest BCUT2D eigenvalue weighted by Gasteiger charge is 2.30. The Bertz CT molecular complexity index is 581. The summed E-state index contributed by atoms with van der Waals surface area (Å²) in [6, 6.07) is 6.65. The van der Waals surface area contributed by atoms with Crippen molar-refractivity contribution in [1.82, 2.24) is 20.2 Å². The fraction of sp³-hybridized carbons (Fsp3) is 0.273. The molecule has 1 aromatic carbocycles. The van der Waals surface area contributed by atoms with Crippen LogP contribution in [0.1, 0.15) is 12.5 Å². The lowest BCUT2D eigenvalue weighted by molar-refractivity contribution is -0.141. The van der Waals surface area contributed by atoms with Gasteiger partial charge >= 0.3 is 5.97 Å². The lowest BCUT2D eigenvalue weighted by Gasteiger charge is -2.01. The number of esters is 1. The normalized spacial score (nSPS) is 18.9. The molecule has 1 saturated heterocycles. The first-order valence-electron chi connectivity index (χ1n) is 5.46. The summed E-state index contributed by atoms with van der Waals surface area (Å²) in [5.74, 6) is 0.154. The Morgan fingerprint density at radius 2 is 2.11 bits per heavy atom. The SMILES string of the molecule is O=C1OCC[C@@H]1n1nnc(-c2ccc(Cl)cc2)n1. The second kappa shape index (κ2) is 4.38. The van der Waals surface area contributed by atoms with Gasteiger partial charge in [0, 0.05) is 17.0 Å². The Kier molecular flexibility index (Phi) is 2.71. The van der Waals surface area contributed by atoms with Gasteiger partial charge in [0.25, 0.3) is 0 Å². The van der Waals surface area contributed by atoms with Gasteiger partial charge in [0.15, 0.2) is 6.04 Å². The smallest absolute Gasteiger partial charge is 0.333 e. The number of tetrazole rings is 1. The lowest BCUT2D eigenvalue weighted by Crippen LogP contribution is -2.17. The Hall–Kier alpha value is -1.95. The van der Waals surface area contributed by atoms with E-state index in [4.69, 9.17) is 16.3 Å². The molecule has 0 saturated carbocycles. The summed E-state index contributed by atoms with van der Waals surface area (Å²) in [4.78, 5) is 12.7. The van der Waals surface area contributed by atoms with Crippen LogP contribution in [0.2, 0.25) is 5.02 Å². The van der Waals surface area contributed by atoms with E-state index in [1.807, 2.05) is 0 Å². The standard InChI is InChI=1S/C11H9ClN4O2/c12-8-3-1-7(2-4-8)10-13-15-16(14-10)9-5-6-18-11(9)17/h1-4,9H,5-6H2/t9-/m0/s1. The number of hydrogen-bond donors (Lipinski definition) is 0. The fourth-order valence-electron chi connectivity index (χ4n) is 1.77. The van der Waals surface area contributed by atoms with Crippen molar-refractivity contribution in [2.24, 2.45) is 0 Å². The molecule has 0 N–H and O–H groups in total. The molecule has 0 aliphatic carbocycles. The van der Waals surface area contributed by atoms with E-state index in [-0.39, 0.29) is 5.97 Å². The molecule has 92 valence electrons. The molecular weight excluding hydrogens is 256 g/mol. The van der Waals surface area contributed by atoms with Gasteiger partial charge in [-0.15, -0.1) is 15.0 Å². The van der Waals surface area contributed by atoms with E-state index < -0.39 is 6.04 Å². The monoisotopic (exact) mass is 264 g/mol. The van der Waals surface area contributed by atoms with Crippen LogP contribution in [0.25, 0.3) is 11.4 Å². The number of carbonyl (C=O) groups excluding carboxylic acids is 1. The van der Waals surface area contributed by atoms with Gasteiger partial charge < -0.3 is 4.74 Å². The number of rotatable bonds is 2. The van der Waals surface area contributed by atoms with Crippen molar-refractivity contribution in [3.05, 3.63) is 29.3 Å². The molecule has 7 heteroatoms. The van der Waals surface area contributed by atoms with Crippen LogP contribution in [-0.2, 0) is 9.53 Å². The minimum Gasteiger partial charge on any atom is -0.464 e. The van der Waals surface area contributed by atoms with E-state index in [9.17, 15) is 4.79 Å². The number of nitrogens with zero attached hydrogens (tertiary/aromatic N) is 4. The molecule has 0 unspecified atom stereocenters. The van der Waals surface area contributed by atoms with Crippen LogP contribution in [0.3, 0.4) is 0 Å². The lowest BCUT2D eigenvalue weighted by atomic mass is 10.2. The minimum absolute atomic E-state index is 0.310. The maximum atomic E-state index is 11.4. The number of aromatic nitrogens is 4. The fourth-order valence-corrected chi connectivity index (χ4v) is 1.89. The van der Waals surface area contributed by atoms with E-state index in [2.05, 4.69) is 15.4 Å². The summed E-state index contributed by atoms with van der Waals surface area (Å²) in [5.41, 5.74) is 0.803. The second-order valence-electron chi connectivity index (χ2n) is 3.91. The first kappa shape index (κ1) is 11.2. The molecule has 0 bridgehead atoms. The molecule has 6 nitrogen and oxygen atoms in total. The highest BCUT2D eigenvalue weighted by Crippen LogP contribution is 2.21. The number of carbonyl (C=O) groups is 1. The van der Waals surface area contributed by atoms with Gasteiger partial charge in [-0.1, -0.05) is 11.6 Å². The summed E-state index contributed by atoms with van der Waals surface area (Å²) in [6.07, 6.45) is 0.579. The minimum atomic E-state index is -0.460. The van der Waals surface area contributed by atoms with Crippen molar-refractivity contribution in [2.45, 2.75) is 12.5 Å². The van der Waals surface area contributed by atoms with Crippen LogP contribution >= 0.6 is 11.6 Å². The van der Waals surface area contributed by atoms with Crippen LogP contribution in [0.4, 0.5) is 0 Å². The van der Waals surface area contributed by atoms with E-state index in [0.717, 1.165) is 5.56 Å². The maximum Gasteiger partial charge on any atom is 0.333 e. The zero-order chi connectivity index (χ0) is 12.5. The zero-order valence-corrected chi connectivity index (χ0v) is 10.0. The summed E-state index contributed by atoms with van der Waals surface area (Å²) >= 11 is 5.80. The predicted molar refractivity (Wildman–Crippen MR) is 62.9 cm³/mol. The maximum absolute atomic E-state index is 11.4. The molecule has 2 aromatic rings. The van der Waals surface area contributed by atoms with Crippen LogP contribution in [-0.4, -0.2) is 32.8 Å². The summed E-state index contributed by atoms with van der Waals surface area (Å²) in [6.45, 7) is 0.404. The molecule has 1 aliphatic heterocycles. The van der Waals surface area contributed by atoms with Crippen molar-refractivity contribution < 1.29 is 9.53 Å². The van der Waals surface area contributed by atoms with Crippen LogP contribution in [0, 0.1) is 0 Å². The molecule has 3 rings (SSSR count). The van der Waals surface area contributed by atoms with Gasteiger partial charge in [-0.05, 0) is 29.5 Å². The van der Waals surface area contributed by atoms with E-state index in [1.54, 1.807) is 24.3 Å². The summed E-state index contributed by atoms with van der Waals surface area (Å²) < 4.78 is 4.87. The van der Waals surface area contributed by atoms with Crippen molar-refractivity contribution in [3.8, 4) is 11.4 Å². The highest BCUT2D eigenvalue weighted by molar-refractivity contribution is 6.30. The quantitative estimate of drug-likeness (QED) is 0.769. The molecule has 1 aromatic heterocycles. The van der Waals surface area contributed by atoms with E-state index >= 15 is 0 Å². The number of halogens is 1. The van der Waals surface area contributed by atoms with Crippen LogP contribution < -0.4 is 0 Å². The summed E-state index contributed by atoms with van der Waals surface area (Å²) in [7, 11) is 0. The van der Waals surface area contributed by atoms with Crippen molar-refractivity contribution in [3.63, 3.8) is 0 Å². The first-order valence-corrected chi connectivity index (χ1v) is 5.84. The Morgan fingerprint density at radius 3 is 2.78 bits per heavy atom. The Labute approximate surface area is 108 Å². The first-order chi connectivity index (χ1) is 8.74. The van der Waals surface area contributed by atoms with E-state index in [1.165, 1.54) is 4.80 Å². The van der Waals surface area contributed by atoms with Crippen molar-refractivity contribution in [2.75, 3.05) is 6.61 Å². The molecule has 2 heterocycles. The molecule has 1 atom stereocenters. The number of hydrogen-bond acceptors (Lipinski definition) is 5. The predicted octanol–water partition coefficient (Wildman–Crippen LogP) is 1.48. The molecular formula is C11H9ClN4O2. The van der Waals surface area contributed by atoms with Crippen molar-refractivity contribution >= 4 is 17.6 Å². The largest absolute Gasteiger partial charge is 0.464 e. The molecule has 1 aliphatic rings. The highest BCUT2D eigenvalue weighted by atomic mass is 35.5. The van der Waals surface area contributed by atoms with Gasteiger partial charge in [0.2, 0.25) is 5.82 Å². The van der Waals surface area contributed by atoms with Gasteiger partial charge in [-0.25, -0.2) is 4.79 Å². The second-order valence-corrected chi connectivity index (χ2v) is 4.35. The zero-order valence-electron chi connectivity index (χ0n) is 9.28. The third-order valence-corrected chi connectivity index (χ3v) is 2.97. The molecule has 0 radical (unpaired) electrons. The average Bonchev–Trinajstić information content (AvgIpc) is 2.98. The molecule has 0 amide bonds. The molecule has 0 spiro atoms. The summed E-state index contributed by atoms with van der Waals surface area (Å²) in [5, 5.41) is 12.7. The molecule has 18 heavy (non-hydrogen) atoms. The van der Waals surface area contributed by atoms with Gasteiger partial charge in [0.05, 0.1) is 6.61 Å². The van der Waals surface area contributed by atoms with Crippen LogP contribution in [0.5, 0.6) is 0 Å². The Balaban J connectivity index is 1.89. The average molecular weight is 265 g/mol. The molecule has 1 fully saturated rings. The van der Waals surface area contributed by atoms with Crippen molar-refractivity contribution in [1.29, 1.82) is 0 Å². The topological polar surface area (TPSA) is 69.9 Å². The number of ether oxygens (including phenoxy) is 1. The Morgan fingerprint density at radius 1 is 1.33 bits per heavy atom. The number of cyclic esters (lactones) is 1. The van der Waals surface area contributed by atoms with Gasteiger partial charge in [-0.3, -0.25) is 0 Å². The van der Waals surface area contributed by atoms with E-state index in [0.29, 0.717) is 23.9 Å². The van der Waals surface area contributed by atoms with Gasteiger partial charge in [-0.2, -0.15) is 0 Å².